The molecule has 4 aromatic rings. The molecular weight excluding hydrogens is 392 g/mol. The second-order valence-electron chi connectivity index (χ2n) is 6.17. The predicted molar refractivity (Wildman–Crippen MR) is 110 cm³/mol. The van der Waals surface area contributed by atoms with Crippen LogP contribution in [0.3, 0.4) is 0 Å². The molecular formula is C21H17ClN4O3. The van der Waals surface area contributed by atoms with Gasteiger partial charge in [-0.3, -0.25) is 9.20 Å². The molecule has 0 saturated heterocycles. The summed E-state index contributed by atoms with van der Waals surface area (Å²) in [4.78, 5) is 23.4. The van der Waals surface area contributed by atoms with Crippen molar-refractivity contribution in [2.24, 2.45) is 0 Å². The number of carbonyl (C=O) groups excluding carboxylic acids is 1. The predicted octanol–water partition coefficient (Wildman–Crippen LogP) is 4.46. The minimum absolute atomic E-state index is 0.166. The molecule has 0 radical (unpaired) electrons. The van der Waals surface area contributed by atoms with Gasteiger partial charge in [0.1, 0.15) is 11.5 Å². The summed E-state index contributed by atoms with van der Waals surface area (Å²) in [6.07, 6.45) is 3.33. The first-order valence-corrected chi connectivity index (χ1v) is 9.13. The highest BCUT2D eigenvalue weighted by Crippen LogP contribution is 2.29. The number of amides is 1. The van der Waals surface area contributed by atoms with Gasteiger partial charge in [0.25, 0.3) is 11.8 Å². The van der Waals surface area contributed by atoms with E-state index in [4.69, 9.17) is 21.1 Å². The molecule has 0 bridgehead atoms. The molecule has 0 aliphatic carbocycles. The van der Waals surface area contributed by atoms with Gasteiger partial charge in [-0.1, -0.05) is 11.6 Å². The fourth-order valence-electron chi connectivity index (χ4n) is 2.83. The number of nitrogens with zero attached hydrogens (tertiary/aromatic N) is 4. The Hall–Kier alpha value is -3.58. The lowest BCUT2D eigenvalue weighted by Gasteiger charge is -2.17. The van der Waals surface area contributed by atoms with Gasteiger partial charge in [0.05, 0.1) is 7.11 Å². The summed E-state index contributed by atoms with van der Waals surface area (Å²) >= 11 is 5.96. The normalized spacial score (nSPS) is 10.7. The van der Waals surface area contributed by atoms with Gasteiger partial charge in [-0.05, 0) is 54.6 Å². The maximum atomic E-state index is 13.3. The summed E-state index contributed by atoms with van der Waals surface area (Å²) in [5, 5.41) is 0.595. The smallest absolute Gasteiger partial charge is 0.280 e. The monoisotopic (exact) mass is 408 g/mol. The molecule has 0 aliphatic heterocycles. The number of aromatic nitrogens is 3. The topological polar surface area (TPSA) is 69.0 Å². The van der Waals surface area contributed by atoms with Gasteiger partial charge in [-0.2, -0.15) is 4.98 Å². The lowest BCUT2D eigenvalue weighted by Crippen LogP contribution is -2.27. The van der Waals surface area contributed by atoms with Crippen molar-refractivity contribution >= 4 is 29.0 Å². The molecule has 2 aromatic heterocycles. The van der Waals surface area contributed by atoms with Crippen LogP contribution in [0.4, 0.5) is 5.69 Å². The molecule has 2 heterocycles. The summed E-state index contributed by atoms with van der Waals surface area (Å²) in [6, 6.07) is 15.7. The van der Waals surface area contributed by atoms with Gasteiger partial charge in [0, 0.05) is 30.2 Å². The Morgan fingerprint density at radius 2 is 1.76 bits per heavy atom. The lowest BCUT2D eigenvalue weighted by molar-refractivity contribution is 0.0985. The van der Waals surface area contributed by atoms with E-state index in [1.54, 1.807) is 85.5 Å². The standard InChI is InChI=1S/C21H17ClN4O3/c1-25(15-6-4-14(22)5-7-15)20(27)18-19(24-21-23-12-3-13-26(18)21)29-17-10-8-16(28-2)9-11-17/h3-13H,1-2H3. The van der Waals surface area contributed by atoms with Crippen LogP contribution in [0, 0.1) is 0 Å². The molecule has 0 atom stereocenters. The number of carbonyl (C=O) groups is 1. The number of anilines is 1. The van der Waals surface area contributed by atoms with Gasteiger partial charge < -0.3 is 14.4 Å². The zero-order valence-electron chi connectivity index (χ0n) is 15.7. The van der Waals surface area contributed by atoms with Crippen molar-refractivity contribution in [2.75, 3.05) is 19.1 Å². The molecule has 2 aromatic carbocycles. The van der Waals surface area contributed by atoms with Crippen molar-refractivity contribution in [1.82, 2.24) is 14.4 Å². The molecule has 7 nitrogen and oxygen atoms in total. The fraction of sp³-hybridized carbons (Fsp3) is 0.0952. The Morgan fingerprint density at radius 3 is 2.45 bits per heavy atom. The van der Waals surface area contributed by atoms with Crippen molar-refractivity contribution in [1.29, 1.82) is 0 Å². The van der Waals surface area contributed by atoms with Crippen LogP contribution < -0.4 is 14.4 Å². The quantitative estimate of drug-likeness (QED) is 0.487. The molecule has 0 fully saturated rings. The van der Waals surface area contributed by atoms with Crippen LogP contribution in [0.2, 0.25) is 5.02 Å². The maximum Gasteiger partial charge on any atom is 0.280 e. The molecule has 0 unspecified atom stereocenters. The van der Waals surface area contributed by atoms with E-state index in [0.717, 1.165) is 0 Å². The number of methoxy groups -OCH3 is 1. The third-order valence-electron chi connectivity index (χ3n) is 4.37. The third kappa shape index (κ3) is 3.72. The van der Waals surface area contributed by atoms with Crippen molar-refractivity contribution < 1.29 is 14.3 Å². The first-order valence-electron chi connectivity index (χ1n) is 8.75. The van der Waals surface area contributed by atoms with Crippen molar-refractivity contribution in [3.05, 3.63) is 77.7 Å². The molecule has 1 amide bonds. The zero-order valence-corrected chi connectivity index (χ0v) is 16.5. The number of halogens is 1. The molecule has 146 valence electrons. The van der Waals surface area contributed by atoms with E-state index < -0.39 is 0 Å². The van der Waals surface area contributed by atoms with E-state index in [-0.39, 0.29) is 17.5 Å². The molecule has 0 N–H and O–H groups in total. The van der Waals surface area contributed by atoms with Crippen LogP contribution in [-0.2, 0) is 0 Å². The second kappa shape index (κ2) is 7.81. The Bertz CT molecular complexity index is 1160. The summed E-state index contributed by atoms with van der Waals surface area (Å²) in [7, 11) is 3.27. The van der Waals surface area contributed by atoms with Crippen molar-refractivity contribution in [3.63, 3.8) is 0 Å². The number of imidazole rings is 1. The van der Waals surface area contributed by atoms with Crippen molar-refractivity contribution in [3.8, 4) is 17.4 Å². The second-order valence-corrected chi connectivity index (χ2v) is 6.61. The van der Waals surface area contributed by atoms with Gasteiger partial charge >= 0.3 is 0 Å². The van der Waals surface area contributed by atoms with E-state index in [2.05, 4.69) is 9.97 Å². The number of rotatable bonds is 5. The van der Waals surface area contributed by atoms with Crippen LogP contribution in [0.15, 0.2) is 67.0 Å². The molecule has 29 heavy (non-hydrogen) atoms. The van der Waals surface area contributed by atoms with Crippen LogP contribution >= 0.6 is 11.6 Å². The van der Waals surface area contributed by atoms with E-state index >= 15 is 0 Å². The summed E-state index contributed by atoms with van der Waals surface area (Å²) in [5.74, 6) is 1.46. The average molecular weight is 409 g/mol. The highest BCUT2D eigenvalue weighted by Gasteiger charge is 2.25. The Morgan fingerprint density at radius 1 is 1.07 bits per heavy atom. The molecule has 0 saturated carbocycles. The summed E-state index contributed by atoms with van der Waals surface area (Å²) in [5.41, 5.74) is 0.954. The Balaban J connectivity index is 1.74. The van der Waals surface area contributed by atoms with Gasteiger partial charge in [0.2, 0.25) is 5.78 Å². The summed E-state index contributed by atoms with van der Waals surface area (Å²) in [6.45, 7) is 0. The molecule has 4 rings (SSSR count). The zero-order chi connectivity index (χ0) is 20.4. The first-order chi connectivity index (χ1) is 14.1. The molecule has 0 spiro atoms. The Labute approximate surface area is 172 Å². The molecule has 0 aliphatic rings. The van der Waals surface area contributed by atoms with Gasteiger partial charge in [0.15, 0.2) is 5.69 Å². The Kier molecular flexibility index (Phi) is 5.05. The van der Waals surface area contributed by atoms with Gasteiger partial charge in [-0.15, -0.1) is 0 Å². The number of hydrogen-bond donors (Lipinski definition) is 0. The SMILES string of the molecule is COc1ccc(Oc2nc3ncccn3c2C(=O)N(C)c2ccc(Cl)cc2)cc1. The third-order valence-corrected chi connectivity index (χ3v) is 4.62. The van der Waals surface area contributed by atoms with Crippen LogP contribution in [0.5, 0.6) is 17.4 Å². The average Bonchev–Trinajstić information content (AvgIpc) is 3.11. The number of ether oxygens (including phenoxy) is 2. The van der Waals surface area contributed by atoms with E-state index in [1.165, 1.54) is 4.90 Å². The largest absolute Gasteiger partial charge is 0.497 e. The lowest BCUT2D eigenvalue weighted by atomic mass is 10.2. The summed E-state index contributed by atoms with van der Waals surface area (Å²) < 4.78 is 12.7. The fourth-order valence-corrected chi connectivity index (χ4v) is 2.96. The van der Waals surface area contributed by atoms with E-state index in [9.17, 15) is 4.79 Å². The van der Waals surface area contributed by atoms with Gasteiger partial charge in [-0.25, -0.2) is 4.98 Å². The van der Waals surface area contributed by atoms with E-state index in [1.807, 2.05) is 0 Å². The number of fused-ring (bicyclic) bond motifs is 1. The van der Waals surface area contributed by atoms with Crippen LogP contribution in [0.25, 0.3) is 5.78 Å². The number of benzene rings is 2. The minimum Gasteiger partial charge on any atom is -0.497 e. The highest BCUT2D eigenvalue weighted by atomic mass is 35.5. The number of hydrogen-bond acceptors (Lipinski definition) is 5. The van der Waals surface area contributed by atoms with Crippen molar-refractivity contribution in [2.45, 2.75) is 0 Å². The van der Waals surface area contributed by atoms with Crippen LogP contribution in [-0.4, -0.2) is 34.4 Å². The van der Waals surface area contributed by atoms with E-state index in [0.29, 0.717) is 28.0 Å². The highest BCUT2D eigenvalue weighted by molar-refractivity contribution is 6.30. The minimum atomic E-state index is -0.295. The molecule has 8 heteroatoms. The van der Waals surface area contributed by atoms with Crippen LogP contribution in [0.1, 0.15) is 10.5 Å². The maximum absolute atomic E-state index is 13.3. The first kappa shape index (κ1) is 18.8.